The number of anilines is 2. The minimum absolute atomic E-state index is 0.0296. The number of carbonyl (C=O) groups excluding carboxylic acids is 1. The maximum Gasteiger partial charge on any atom is 0.250 e. The molecule has 19 heavy (non-hydrogen) atoms. The van der Waals surface area contributed by atoms with E-state index in [4.69, 9.17) is 33.7 Å². The van der Waals surface area contributed by atoms with E-state index in [0.717, 1.165) is 12.8 Å². The molecule has 0 aliphatic carbocycles. The lowest BCUT2D eigenvalue weighted by atomic mass is 10.2. The van der Waals surface area contributed by atoms with Crippen LogP contribution in [0.25, 0.3) is 0 Å². The van der Waals surface area contributed by atoms with Crippen LogP contribution in [0.3, 0.4) is 0 Å². The Morgan fingerprint density at radius 2 is 2.00 bits per heavy atom. The molecule has 1 amide bonds. The second-order valence-electron chi connectivity index (χ2n) is 4.32. The lowest BCUT2D eigenvalue weighted by Crippen LogP contribution is -2.22. The van der Waals surface area contributed by atoms with Crippen molar-refractivity contribution in [3.8, 4) is 0 Å². The first-order chi connectivity index (χ1) is 8.93. The van der Waals surface area contributed by atoms with Gasteiger partial charge in [-0.05, 0) is 25.5 Å². The molecule has 0 radical (unpaired) electrons. The van der Waals surface area contributed by atoms with Crippen LogP contribution in [0.1, 0.15) is 26.7 Å². The highest BCUT2D eigenvalue weighted by atomic mass is 35.5. The van der Waals surface area contributed by atoms with Crippen LogP contribution in [0, 0.1) is 0 Å². The maximum atomic E-state index is 11.7. The monoisotopic (exact) mass is 304 g/mol. The minimum atomic E-state index is -0.295. The summed E-state index contributed by atoms with van der Waals surface area (Å²) in [5.41, 5.74) is 6.39. The molecule has 1 atom stereocenters. The second-order valence-corrected chi connectivity index (χ2v) is 5.13. The number of nitrogen functional groups attached to an aromatic ring is 1. The summed E-state index contributed by atoms with van der Waals surface area (Å²) in [6.07, 6.45) is 1.97. The Balaban J connectivity index is 2.58. The quantitative estimate of drug-likeness (QED) is 0.787. The molecular weight excluding hydrogens is 287 g/mol. The van der Waals surface area contributed by atoms with Crippen molar-refractivity contribution in [1.82, 2.24) is 0 Å². The van der Waals surface area contributed by atoms with Gasteiger partial charge in [0.2, 0.25) is 5.91 Å². The Kier molecular flexibility index (Phi) is 6.42. The van der Waals surface area contributed by atoms with Crippen LogP contribution in [0.2, 0.25) is 10.0 Å². The molecule has 0 aliphatic rings. The summed E-state index contributed by atoms with van der Waals surface area (Å²) in [5.74, 6) is -0.295. The first-order valence-electron chi connectivity index (χ1n) is 6.10. The summed E-state index contributed by atoms with van der Waals surface area (Å²) < 4.78 is 5.40. The van der Waals surface area contributed by atoms with E-state index in [0.29, 0.717) is 21.4 Å². The van der Waals surface area contributed by atoms with Gasteiger partial charge in [0.05, 0.1) is 21.8 Å². The third kappa shape index (κ3) is 5.27. The van der Waals surface area contributed by atoms with Crippen molar-refractivity contribution in [1.29, 1.82) is 0 Å². The summed E-state index contributed by atoms with van der Waals surface area (Å²) in [6, 6.07) is 3.06. The minimum Gasteiger partial charge on any atom is -0.399 e. The molecule has 1 aromatic rings. The molecule has 1 rings (SSSR count). The number of benzene rings is 1. The maximum absolute atomic E-state index is 11.7. The Labute approximate surface area is 123 Å². The molecule has 0 saturated carbocycles. The van der Waals surface area contributed by atoms with Crippen LogP contribution in [-0.4, -0.2) is 18.6 Å². The molecule has 0 heterocycles. The molecule has 0 aromatic heterocycles. The van der Waals surface area contributed by atoms with Gasteiger partial charge in [-0.2, -0.15) is 0 Å². The van der Waals surface area contributed by atoms with Gasteiger partial charge < -0.3 is 15.8 Å². The van der Waals surface area contributed by atoms with Crippen molar-refractivity contribution >= 4 is 40.5 Å². The molecule has 4 nitrogen and oxygen atoms in total. The largest absolute Gasteiger partial charge is 0.399 e. The third-order valence-electron chi connectivity index (χ3n) is 2.52. The Bertz CT molecular complexity index is 429. The zero-order valence-electron chi connectivity index (χ0n) is 11.0. The van der Waals surface area contributed by atoms with Crippen LogP contribution in [0.15, 0.2) is 12.1 Å². The fourth-order valence-electron chi connectivity index (χ4n) is 1.60. The number of hydrogen-bond acceptors (Lipinski definition) is 3. The molecule has 0 aliphatic heterocycles. The van der Waals surface area contributed by atoms with E-state index in [9.17, 15) is 4.79 Å². The molecule has 0 spiro atoms. The SMILES string of the molecule is CCCC(C)OCC(=O)Nc1c(Cl)cc(N)cc1Cl. The van der Waals surface area contributed by atoms with Gasteiger partial charge in [-0.1, -0.05) is 36.5 Å². The van der Waals surface area contributed by atoms with E-state index in [1.165, 1.54) is 12.1 Å². The predicted octanol–water partition coefficient (Wildman–Crippen LogP) is 3.72. The number of hydrogen-bond donors (Lipinski definition) is 2. The molecule has 6 heteroatoms. The van der Waals surface area contributed by atoms with Crippen LogP contribution < -0.4 is 11.1 Å². The van der Waals surface area contributed by atoms with E-state index in [1.807, 2.05) is 6.92 Å². The zero-order valence-corrected chi connectivity index (χ0v) is 12.5. The molecule has 3 N–H and O–H groups in total. The van der Waals surface area contributed by atoms with Gasteiger partial charge >= 0.3 is 0 Å². The molecular formula is C13H18Cl2N2O2. The van der Waals surface area contributed by atoms with Crippen molar-refractivity contribution in [3.05, 3.63) is 22.2 Å². The first kappa shape index (κ1) is 16.1. The van der Waals surface area contributed by atoms with Gasteiger partial charge in [0.1, 0.15) is 6.61 Å². The van der Waals surface area contributed by atoms with Crippen LogP contribution >= 0.6 is 23.2 Å². The number of rotatable bonds is 6. The van der Waals surface area contributed by atoms with Gasteiger partial charge in [0.15, 0.2) is 0 Å². The number of ether oxygens (including phenoxy) is 1. The number of halogens is 2. The summed E-state index contributed by atoms with van der Waals surface area (Å²) in [7, 11) is 0. The van der Waals surface area contributed by atoms with E-state index < -0.39 is 0 Å². The van der Waals surface area contributed by atoms with Gasteiger partial charge in [0, 0.05) is 5.69 Å². The van der Waals surface area contributed by atoms with Gasteiger partial charge in [-0.25, -0.2) is 0 Å². The molecule has 0 bridgehead atoms. The highest BCUT2D eigenvalue weighted by molar-refractivity contribution is 6.40. The Hall–Kier alpha value is -0.970. The fourth-order valence-corrected chi connectivity index (χ4v) is 2.19. The van der Waals surface area contributed by atoms with Crippen LogP contribution in [-0.2, 0) is 9.53 Å². The average Bonchev–Trinajstić information content (AvgIpc) is 2.31. The van der Waals surface area contributed by atoms with Gasteiger partial charge in [-0.15, -0.1) is 0 Å². The highest BCUT2D eigenvalue weighted by Gasteiger charge is 2.12. The van der Waals surface area contributed by atoms with Crippen molar-refractivity contribution in [2.24, 2.45) is 0 Å². The van der Waals surface area contributed by atoms with Crippen molar-refractivity contribution in [2.45, 2.75) is 32.8 Å². The molecule has 1 aromatic carbocycles. The molecule has 0 fully saturated rings. The van der Waals surface area contributed by atoms with Crippen molar-refractivity contribution in [2.75, 3.05) is 17.7 Å². The smallest absolute Gasteiger partial charge is 0.250 e. The molecule has 106 valence electrons. The molecule has 0 saturated heterocycles. The fraction of sp³-hybridized carbons (Fsp3) is 0.462. The standard InChI is InChI=1S/C13H18Cl2N2O2/c1-3-4-8(2)19-7-12(18)17-13-10(14)5-9(16)6-11(13)15/h5-6,8H,3-4,7,16H2,1-2H3,(H,17,18). The van der Waals surface area contributed by atoms with E-state index in [-0.39, 0.29) is 18.6 Å². The summed E-state index contributed by atoms with van der Waals surface area (Å²) in [5, 5.41) is 3.23. The average molecular weight is 305 g/mol. The van der Waals surface area contributed by atoms with E-state index in [1.54, 1.807) is 0 Å². The van der Waals surface area contributed by atoms with Crippen molar-refractivity contribution in [3.63, 3.8) is 0 Å². The van der Waals surface area contributed by atoms with Gasteiger partial charge in [-0.3, -0.25) is 4.79 Å². The zero-order chi connectivity index (χ0) is 14.4. The highest BCUT2D eigenvalue weighted by Crippen LogP contribution is 2.32. The third-order valence-corrected chi connectivity index (χ3v) is 3.12. The normalized spacial score (nSPS) is 12.2. The summed E-state index contributed by atoms with van der Waals surface area (Å²) >= 11 is 11.9. The number of amides is 1. The lowest BCUT2D eigenvalue weighted by molar-refractivity contribution is -0.122. The predicted molar refractivity (Wildman–Crippen MR) is 79.8 cm³/mol. The summed E-state index contributed by atoms with van der Waals surface area (Å²) in [4.78, 5) is 11.7. The number of nitrogens with two attached hydrogens (primary N) is 1. The number of carbonyl (C=O) groups is 1. The van der Waals surface area contributed by atoms with Crippen molar-refractivity contribution < 1.29 is 9.53 Å². The van der Waals surface area contributed by atoms with E-state index in [2.05, 4.69) is 12.2 Å². The Morgan fingerprint density at radius 1 is 1.42 bits per heavy atom. The topological polar surface area (TPSA) is 64.3 Å². The number of nitrogens with one attached hydrogen (secondary N) is 1. The van der Waals surface area contributed by atoms with Gasteiger partial charge in [0.25, 0.3) is 0 Å². The molecule has 1 unspecified atom stereocenters. The first-order valence-corrected chi connectivity index (χ1v) is 6.85. The summed E-state index contributed by atoms with van der Waals surface area (Å²) in [6.45, 7) is 3.96. The van der Waals surface area contributed by atoms with Crippen LogP contribution in [0.4, 0.5) is 11.4 Å². The Morgan fingerprint density at radius 3 is 2.53 bits per heavy atom. The van der Waals surface area contributed by atoms with Crippen LogP contribution in [0.5, 0.6) is 0 Å². The second kappa shape index (κ2) is 7.58. The lowest BCUT2D eigenvalue weighted by Gasteiger charge is -2.13. The van der Waals surface area contributed by atoms with E-state index >= 15 is 0 Å².